The zero-order chi connectivity index (χ0) is 27.2. The Morgan fingerprint density at radius 3 is 2.32 bits per heavy atom. The fraction of sp³-hybridized carbons (Fsp3) is 0.435. The van der Waals surface area contributed by atoms with Crippen molar-refractivity contribution in [3.8, 4) is 0 Å². The molecule has 0 bridgehead atoms. The Morgan fingerprint density at radius 1 is 1.03 bits per heavy atom. The van der Waals surface area contributed by atoms with Crippen LogP contribution in [0, 0.1) is 0 Å². The summed E-state index contributed by atoms with van der Waals surface area (Å²) in [5, 5.41) is 7.25. The molecule has 3 N–H and O–H groups in total. The summed E-state index contributed by atoms with van der Waals surface area (Å²) in [6, 6.07) is 4.50. The molecule has 0 radical (unpaired) electrons. The maximum Gasteiger partial charge on any atom is 0.450 e. The predicted molar refractivity (Wildman–Crippen MR) is 120 cm³/mol. The Bertz CT molecular complexity index is 1120. The molecular formula is C23H24F6N4O4. The van der Waals surface area contributed by atoms with Crippen molar-refractivity contribution in [3.63, 3.8) is 0 Å². The molecule has 8 nitrogen and oxygen atoms in total. The minimum absolute atomic E-state index is 0.201. The Kier molecular flexibility index (Phi) is 8.71. The van der Waals surface area contributed by atoms with Crippen LogP contribution in [0.3, 0.4) is 0 Å². The van der Waals surface area contributed by atoms with Gasteiger partial charge in [-0.05, 0) is 50.8 Å². The number of furan rings is 1. The van der Waals surface area contributed by atoms with Gasteiger partial charge >= 0.3 is 18.4 Å². The summed E-state index contributed by atoms with van der Waals surface area (Å²) in [6.07, 6.45) is -7.90. The van der Waals surface area contributed by atoms with E-state index in [1.54, 1.807) is 6.92 Å². The lowest BCUT2D eigenvalue weighted by Gasteiger charge is -2.27. The SMILES string of the molecule is CCOC(=O)NC1CCC(N=C(NC(=O)c2ccoc2C(F)(F)F)Nc2ccccc2C(F)(F)F)CC1. The molecule has 1 aromatic carbocycles. The lowest BCUT2D eigenvalue weighted by molar-refractivity contribution is -0.153. The van der Waals surface area contributed by atoms with Gasteiger partial charge in [0, 0.05) is 6.04 Å². The topological polar surface area (TPSA) is 105 Å². The highest BCUT2D eigenvalue weighted by Crippen LogP contribution is 2.35. The number of alkyl carbamates (subject to hydrolysis) is 1. The van der Waals surface area contributed by atoms with Gasteiger partial charge in [0.15, 0.2) is 0 Å². The van der Waals surface area contributed by atoms with Gasteiger partial charge < -0.3 is 19.8 Å². The maximum absolute atomic E-state index is 13.5. The Labute approximate surface area is 207 Å². The highest BCUT2D eigenvalue weighted by atomic mass is 19.4. The number of guanidine groups is 1. The molecule has 1 aliphatic rings. The maximum atomic E-state index is 13.5. The normalized spacial score (nSPS) is 18.7. The fourth-order valence-electron chi connectivity index (χ4n) is 3.82. The average Bonchev–Trinajstić information content (AvgIpc) is 3.31. The van der Waals surface area contributed by atoms with E-state index in [0.29, 0.717) is 31.9 Å². The van der Waals surface area contributed by atoms with Crippen molar-refractivity contribution in [1.29, 1.82) is 0 Å². The van der Waals surface area contributed by atoms with Crippen LogP contribution < -0.4 is 16.0 Å². The number of amides is 2. The third-order valence-electron chi connectivity index (χ3n) is 5.49. The largest absolute Gasteiger partial charge is 0.459 e. The number of benzene rings is 1. The minimum Gasteiger partial charge on any atom is -0.459 e. The minimum atomic E-state index is -4.96. The van der Waals surface area contributed by atoms with Gasteiger partial charge in [0.25, 0.3) is 5.91 Å². The highest BCUT2D eigenvalue weighted by molar-refractivity contribution is 6.10. The van der Waals surface area contributed by atoms with Crippen molar-refractivity contribution in [3.05, 3.63) is 53.5 Å². The second-order valence-corrected chi connectivity index (χ2v) is 8.13. The number of halogens is 6. The first-order chi connectivity index (χ1) is 17.4. The van der Waals surface area contributed by atoms with Crippen molar-refractivity contribution in [2.75, 3.05) is 11.9 Å². The number of hydrogen-bond acceptors (Lipinski definition) is 5. The van der Waals surface area contributed by atoms with Crippen molar-refractivity contribution >= 4 is 23.6 Å². The third kappa shape index (κ3) is 7.64. The van der Waals surface area contributed by atoms with Crippen LogP contribution in [0.15, 0.2) is 46.0 Å². The Hall–Kier alpha value is -3.71. The lowest BCUT2D eigenvalue weighted by atomic mass is 9.92. The molecule has 1 aliphatic carbocycles. The number of nitrogens with zero attached hydrogens (tertiary/aromatic N) is 1. The molecule has 202 valence electrons. The van der Waals surface area contributed by atoms with Crippen LogP contribution in [0.5, 0.6) is 0 Å². The van der Waals surface area contributed by atoms with E-state index in [-0.39, 0.29) is 12.6 Å². The third-order valence-corrected chi connectivity index (χ3v) is 5.49. The van der Waals surface area contributed by atoms with E-state index in [1.807, 2.05) is 0 Å². The van der Waals surface area contributed by atoms with Crippen molar-refractivity contribution < 1.29 is 45.1 Å². The molecule has 1 fully saturated rings. The molecular weight excluding hydrogens is 510 g/mol. The van der Waals surface area contributed by atoms with E-state index in [2.05, 4.69) is 25.4 Å². The summed E-state index contributed by atoms with van der Waals surface area (Å²) in [7, 11) is 0. The van der Waals surface area contributed by atoms with E-state index in [1.165, 1.54) is 12.1 Å². The number of carbonyl (C=O) groups excluding carboxylic acids is 2. The van der Waals surface area contributed by atoms with Crippen LogP contribution in [0.25, 0.3) is 0 Å². The first-order valence-corrected chi connectivity index (χ1v) is 11.3. The number of aliphatic imine (C=N–C) groups is 1. The molecule has 0 atom stereocenters. The van der Waals surface area contributed by atoms with E-state index >= 15 is 0 Å². The number of nitrogens with one attached hydrogen (secondary N) is 3. The molecule has 37 heavy (non-hydrogen) atoms. The predicted octanol–water partition coefficient (Wildman–Crippen LogP) is 5.57. The van der Waals surface area contributed by atoms with Crippen LogP contribution in [-0.4, -0.2) is 36.7 Å². The van der Waals surface area contributed by atoms with Crippen LogP contribution in [0.1, 0.15) is 54.3 Å². The summed E-state index contributed by atoms with van der Waals surface area (Å²) in [5.74, 6) is -3.28. The molecule has 2 aromatic rings. The number of hydrogen-bond donors (Lipinski definition) is 3. The zero-order valence-electron chi connectivity index (χ0n) is 19.5. The van der Waals surface area contributed by atoms with Crippen molar-refractivity contribution in [1.82, 2.24) is 10.6 Å². The average molecular weight is 534 g/mol. The monoisotopic (exact) mass is 534 g/mol. The van der Waals surface area contributed by atoms with Gasteiger partial charge in [-0.25, -0.2) is 9.79 Å². The van der Waals surface area contributed by atoms with Crippen molar-refractivity contribution in [2.24, 2.45) is 4.99 Å². The number of carbonyl (C=O) groups is 2. The molecule has 0 spiro atoms. The van der Waals surface area contributed by atoms with Crippen LogP contribution in [0.2, 0.25) is 0 Å². The highest BCUT2D eigenvalue weighted by Gasteiger charge is 2.40. The van der Waals surface area contributed by atoms with Gasteiger partial charge in [0.05, 0.1) is 35.7 Å². The summed E-state index contributed by atoms with van der Waals surface area (Å²) in [6.45, 7) is 1.86. The van der Waals surface area contributed by atoms with Gasteiger partial charge in [0.2, 0.25) is 11.7 Å². The number of alkyl halides is 6. The van der Waals surface area contributed by atoms with Gasteiger partial charge in [0.1, 0.15) is 0 Å². The Morgan fingerprint density at radius 2 is 1.70 bits per heavy atom. The molecule has 1 heterocycles. The second-order valence-electron chi connectivity index (χ2n) is 8.13. The number of anilines is 1. The first kappa shape index (κ1) is 27.9. The lowest BCUT2D eigenvalue weighted by Crippen LogP contribution is -2.41. The molecule has 14 heteroatoms. The molecule has 1 saturated carbocycles. The molecule has 1 aromatic heterocycles. The zero-order valence-corrected chi connectivity index (χ0v) is 19.5. The van der Waals surface area contributed by atoms with Gasteiger partial charge in [-0.15, -0.1) is 0 Å². The number of ether oxygens (including phenoxy) is 1. The molecule has 2 amide bonds. The molecule has 0 unspecified atom stereocenters. The standard InChI is InChI=1S/C23H24F6N4O4/c1-2-36-21(35)31-14-9-7-13(8-10-14)30-20(32-17-6-4-3-5-16(17)22(24,25)26)33-19(34)15-11-12-37-18(15)23(27,28)29/h3-6,11-14H,2,7-10H2,1H3,(H,31,35)(H2,30,32,33,34). The molecule has 3 rings (SSSR count). The van der Waals surface area contributed by atoms with Gasteiger partial charge in [-0.2, -0.15) is 26.3 Å². The quantitative estimate of drug-likeness (QED) is 0.264. The molecule has 0 saturated heterocycles. The number of para-hydroxylation sites is 1. The van der Waals surface area contributed by atoms with Crippen LogP contribution in [0.4, 0.5) is 36.8 Å². The van der Waals surface area contributed by atoms with Crippen molar-refractivity contribution in [2.45, 2.75) is 57.0 Å². The van der Waals surface area contributed by atoms with Crippen LogP contribution in [-0.2, 0) is 17.1 Å². The van der Waals surface area contributed by atoms with E-state index < -0.39 is 58.9 Å². The smallest absolute Gasteiger partial charge is 0.450 e. The van der Waals surface area contributed by atoms with Crippen LogP contribution >= 0.6 is 0 Å². The summed E-state index contributed by atoms with van der Waals surface area (Å²) >= 11 is 0. The van der Waals surface area contributed by atoms with E-state index in [9.17, 15) is 35.9 Å². The molecule has 0 aliphatic heterocycles. The van der Waals surface area contributed by atoms with Gasteiger partial charge in [-0.3, -0.25) is 10.1 Å². The fourth-order valence-corrected chi connectivity index (χ4v) is 3.82. The summed E-state index contributed by atoms with van der Waals surface area (Å²) in [5.41, 5.74) is -2.36. The summed E-state index contributed by atoms with van der Waals surface area (Å²) in [4.78, 5) is 28.6. The Balaban J connectivity index is 1.83. The van der Waals surface area contributed by atoms with E-state index in [4.69, 9.17) is 4.74 Å². The second kappa shape index (κ2) is 11.6. The van der Waals surface area contributed by atoms with Gasteiger partial charge in [-0.1, -0.05) is 12.1 Å². The first-order valence-electron chi connectivity index (χ1n) is 11.3. The van der Waals surface area contributed by atoms with E-state index in [0.717, 1.165) is 18.2 Å². The number of rotatable bonds is 5. The summed E-state index contributed by atoms with van der Waals surface area (Å²) < 4.78 is 89.2.